The van der Waals surface area contributed by atoms with Crippen LogP contribution in [-0.2, 0) is 11.9 Å². The number of aromatic hydroxyl groups is 1. The van der Waals surface area contributed by atoms with Gasteiger partial charge in [-0.25, -0.2) is 17.6 Å². The molecule has 0 bridgehead atoms. The number of carbonyl (C=O) groups is 2. The van der Waals surface area contributed by atoms with Gasteiger partial charge in [0.15, 0.2) is 23.1 Å². The lowest BCUT2D eigenvalue weighted by Crippen LogP contribution is -2.16. The molecule has 4 aromatic carbocycles. The lowest BCUT2D eigenvalue weighted by atomic mass is 10.1. The van der Waals surface area contributed by atoms with E-state index < -0.39 is 52.0 Å². The monoisotopic (exact) mass is 736 g/mol. The highest BCUT2D eigenvalue weighted by Gasteiger charge is 2.19. The van der Waals surface area contributed by atoms with E-state index in [2.05, 4.69) is 50.5 Å². The molecule has 0 spiro atoms. The van der Waals surface area contributed by atoms with Gasteiger partial charge >= 0.3 is 0 Å². The fourth-order valence-electron chi connectivity index (χ4n) is 4.42. The molecule has 6 rings (SSSR count). The van der Waals surface area contributed by atoms with E-state index in [1.165, 1.54) is 11.3 Å². The van der Waals surface area contributed by atoms with Crippen LogP contribution < -0.4 is 16.2 Å². The van der Waals surface area contributed by atoms with Crippen molar-refractivity contribution in [2.24, 2.45) is 11.5 Å². The maximum absolute atomic E-state index is 14.1. The number of amides is 2. The number of nitrogens with zero attached hydrogens (tertiary/aromatic N) is 2. The molecule has 49 heavy (non-hydrogen) atoms. The number of ether oxygens (including phenoxy) is 1. The minimum atomic E-state index is -1.33. The minimum Gasteiger partial charge on any atom is -0.505 e. The maximum atomic E-state index is 14.1. The average molecular weight is 738 g/mol. The van der Waals surface area contributed by atoms with Crippen LogP contribution in [0.4, 0.5) is 17.6 Å². The number of phenols is 1. The van der Waals surface area contributed by atoms with Crippen LogP contribution in [0.25, 0.3) is 11.4 Å². The predicted molar refractivity (Wildman–Crippen MR) is 180 cm³/mol. The summed E-state index contributed by atoms with van der Waals surface area (Å²) in [4.78, 5) is 21.6. The molecule has 0 aliphatic heterocycles. The van der Waals surface area contributed by atoms with Gasteiger partial charge in [-0.1, -0.05) is 40.2 Å². The van der Waals surface area contributed by atoms with E-state index in [1.807, 2.05) is 77.9 Å². The lowest BCUT2D eigenvalue weighted by molar-refractivity contribution is 0.0982. The van der Waals surface area contributed by atoms with Gasteiger partial charge in [0.05, 0.1) is 0 Å². The van der Waals surface area contributed by atoms with Crippen molar-refractivity contribution in [1.82, 2.24) is 9.13 Å². The molecular formula is C36H29BrF4N4O4. The van der Waals surface area contributed by atoms with Crippen molar-refractivity contribution < 1.29 is 37.0 Å². The van der Waals surface area contributed by atoms with Gasteiger partial charge in [0, 0.05) is 41.5 Å². The third kappa shape index (κ3) is 9.39. The van der Waals surface area contributed by atoms with Crippen molar-refractivity contribution in [2.75, 3.05) is 0 Å². The predicted octanol–water partition coefficient (Wildman–Crippen LogP) is 7.57. The Bertz CT molecular complexity index is 2040. The Balaban J connectivity index is 0.000000182. The number of phenolic OH excluding ortho intramolecular Hbond substituents is 1. The zero-order chi connectivity index (χ0) is 35.5. The van der Waals surface area contributed by atoms with Crippen LogP contribution in [0, 0.1) is 23.3 Å². The van der Waals surface area contributed by atoms with Gasteiger partial charge in [0.2, 0.25) is 0 Å². The summed E-state index contributed by atoms with van der Waals surface area (Å²) in [6.07, 6.45) is 7.90. The van der Waals surface area contributed by atoms with Gasteiger partial charge in [0.1, 0.15) is 29.4 Å². The molecule has 0 aliphatic rings. The average Bonchev–Trinajstić information content (AvgIpc) is 3.83. The molecule has 5 N–H and O–H groups in total. The van der Waals surface area contributed by atoms with Crippen LogP contribution in [0.1, 0.15) is 31.8 Å². The summed E-state index contributed by atoms with van der Waals surface area (Å²) in [5, 5.41) is 9.63. The van der Waals surface area contributed by atoms with E-state index in [9.17, 15) is 27.2 Å². The van der Waals surface area contributed by atoms with E-state index >= 15 is 0 Å². The Morgan fingerprint density at radius 2 is 1.12 bits per heavy atom. The van der Waals surface area contributed by atoms with E-state index in [0.717, 1.165) is 40.8 Å². The fourth-order valence-corrected chi connectivity index (χ4v) is 4.77. The van der Waals surface area contributed by atoms with Gasteiger partial charge < -0.3 is 30.4 Å². The Kier molecular flexibility index (Phi) is 12.4. The van der Waals surface area contributed by atoms with E-state index in [-0.39, 0.29) is 12.4 Å². The molecule has 8 nitrogen and oxygen atoms in total. The number of halogens is 5. The van der Waals surface area contributed by atoms with E-state index in [1.54, 1.807) is 0 Å². The number of aromatic nitrogens is 2. The Hall–Kier alpha value is -5.82. The Morgan fingerprint density at radius 3 is 1.61 bits per heavy atom. The highest BCUT2D eigenvalue weighted by molar-refractivity contribution is 9.08. The van der Waals surface area contributed by atoms with Crippen LogP contribution >= 0.6 is 15.9 Å². The summed E-state index contributed by atoms with van der Waals surface area (Å²) in [6.45, 7) is 0.0653. The molecule has 0 radical (unpaired) electrons. The van der Waals surface area contributed by atoms with Gasteiger partial charge in [-0.2, -0.15) is 0 Å². The number of primary amides is 2. The third-order valence-corrected chi connectivity index (χ3v) is 7.44. The van der Waals surface area contributed by atoms with Gasteiger partial charge in [0.25, 0.3) is 11.8 Å². The van der Waals surface area contributed by atoms with Crippen LogP contribution in [0.15, 0.2) is 122 Å². The third-order valence-electron chi connectivity index (χ3n) is 6.79. The molecule has 13 heteroatoms. The molecule has 2 aromatic heterocycles. The van der Waals surface area contributed by atoms with Gasteiger partial charge in [-0.15, -0.1) is 0 Å². The number of benzene rings is 4. The van der Waals surface area contributed by atoms with Crippen molar-refractivity contribution in [3.8, 4) is 22.9 Å². The first-order valence-corrected chi connectivity index (χ1v) is 15.5. The SMILES string of the molecule is BrCc1cccc(-n2cccc2)c1.NC(=O)c1c(F)ccc(O)c1F.NC(=O)c1c(F)ccc(OCc2cccc(-n3cccc3)c2)c1F. The summed E-state index contributed by atoms with van der Waals surface area (Å²) >= 11 is 3.45. The molecule has 2 amide bonds. The number of hydrogen-bond donors (Lipinski definition) is 3. The number of nitrogens with two attached hydrogens (primary N) is 2. The summed E-state index contributed by atoms with van der Waals surface area (Å²) in [5.74, 6) is -7.97. The Labute approximate surface area is 286 Å². The zero-order valence-corrected chi connectivity index (χ0v) is 27.2. The van der Waals surface area contributed by atoms with Crippen molar-refractivity contribution in [1.29, 1.82) is 0 Å². The standard InChI is InChI=1S/C18H14F2N2O2.C11H10BrN.C7H5F2NO2/c19-14-6-7-15(17(20)16(14)18(21)23)24-11-12-4-3-5-13(10-12)22-8-1-2-9-22;12-9-10-4-3-5-11(8-10)13-6-1-2-7-13;8-3-1-2-4(11)6(9)5(3)7(10)12/h1-10H,11H2,(H2,21,23);1-8H,9H2;1-2,11H,(H2,10,12). The fraction of sp³-hybridized carbons (Fsp3) is 0.0556. The molecule has 0 fully saturated rings. The zero-order valence-electron chi connectivity index (χ0n) is 25.6. The first kappa shape index (κ1) is 36.0. The van der Waals surface area contributed by atoms with Crippen LogP contribution in [0.5, 0.6) is 11.5 Å². The number of carbonyl (C=O) groups excluding carboxylic acids is 2. The first-order valence-electron chi connectivity index (χ1n) is 14.4. The van der Waals surface area contributed by atoms with Crippen LogP contribution in [-0.4, -0.2) is 26.1 Å². The van der Waals surface area contributed by atoms with Crippen molar-refractivity contribution in [3.05, 3.63) is 167 Å². The van der Waals surface area contributed by atoms with E-state index in [0.29, 0.717) is 0 Å². The molecule has 252 valence electrons. The molecule has 6 aromatic rings. The molecule has 0 saturated heterocycles. The van der Waals surface area contributed by atoms with Crippen molar-refractivity contribution >= 4 is 27.7 Å². The second kappa shape index (κ2) is 16.8. The van der Waals surface area contributed by atoms with Crippen LogP contribution in [0.3, 0.4) is 0 Å². The number of hydrogen-bond acceptors (Lipinski definition) is 4. The smallest absolute Gasteiger partial charge is 0.254 e. The van der Waals surface area contributed by atoms with Crippen LogP contribution in [0.2, 0.25) is 0 Å². The summed E-state index contributed by atoms with van der Waals surface area (Å²) < 4.78 is 62.3. The molecular weight excluding hydrogens is 708 g/mol. The highest BCUT2D eigenvalue weighted by Crippen LogP contribution is 2.24. The first-order chi connectivity index (χ1) is 23.5. The molecule has 2 heterocycles. The molecule has 0 unspecified atom stereocenters. The largest absolute Gasteiger partial charge is 0.505 e. The lowest BCUT2D eigenvalue weighted by Gasteiger charge is -2.11. The maximum Gasteiger partial charge on any atom is 0.254 e. The van der Waals surface area contributed by atoms with Crippen molar-refractivity contribution in [3.63, 3.8) is 0 Å². The van der Waals surface area contributed by atoms with Gasteiger partial charge in [-0.3, -0.25) is 9.59 Å². The summed E-state index contributed by atoms with van der Waals surface area (Å²) in [7, 11) is 0. The number of rotatable bonds is 8. The number of alkyl halides is 1. The minimum absolute atomic E-state index is 0.0653. The summed E-state index contributed by atoms with van der Waals surface area (Å²) in [5.41, 5.74) is 12.2. The second-order valence-corrected chi connectivity index (χ2v) is 10.7. The molecule has 0 aliphatic carbocycles. The molecule has 0 atom stereocenters. The van der Waals surface area contributed by atoms with E-state index in [4.69, 9.17) is 15.6 Å². The highest BCUT2D eigenvalue weighted by atomic mass is 79.9. The van der Waals surface area contributed by atoms with Crippen molar-refractivity contribution in [2.45, 2.75) is 11.9 Å². The topological polar surface area (TPSA) is 126 Å². The van der Waals surface area contributed by atoms with Gasteiger partial charge in [-0.05, 0) is 83.9 Å². The Morgan fingerprint density at radius 1 is 0.653 bits per heavy atom. The molecule has 0 saturated carbocycles. The summed E-state index contributed by atoms with van der Waals surface area (Å²) in [6, 6.07) is 27.5. The quantitative estimate of drug-likeness (QED) is 0.110. The normalized spacial score (nSPS) is 10.3. The second-order valence-electron chi connectivity index (χ2n) is 10.2.